The number of aliphatic hydroxyl groups is 1. The number of anilines is 1. The molecule has 2 atom stereocenters. The molecule has 0 radical (unpaired) electrons. The summed E-state index contributed by atoms with van der Waals surface area (Å²) in [4.78, 5) is 18.5. The van der Waals surface area contributed by atoms with Crippen LogP contribution < -0.4 is 10.2 Å². The van der Waals surface area contributed by atoms with E-state index in [1.807, 2.05) is 24.8 Å². The Balaban J connectivity index is 2.16. The highest BCUT2D eigenvalue weighted by Crippen LogP contribution is 2.21. The van der Waals surface area contributed by atoms with Crippen LogP contribution in [0.1, 0.15) is 32.6 Å². The molecule has 2 N–H and O–H groups in total. The fourth-order valence-corrected chi connectivity index (χ4v) is 2.33. The first-order valence-electron chi connectivity index (χ1n) is 7.28. The fourth-order valence-electron chi connectivity index (χ4n) is 2.33. The third-order valence-electron chi connectivity index (χ3n) is 3.39. The van der Waals surface area contributed by atoms with E-state index < -0.39 is 6.10 Å². The first-order chi connectivity index (χ1) is 9.99. The van der Waals surface area contributed by atoms with Crippen LogP contribution in [0.25, 0.3) is 0 Å². The van der Waals surface area contributed by atoms with Crippen molar-refractivity contribution in [2.75, 3.05) is 24.7 Å². The van der Waals surface area contributed by atoms with Crippen molar-refractivity contribution in [1.29, 1.82) is 0 Å². The second kappa shape index (κ2) is 6.87. The number of hydrogen-bond donors (Lipinski definition) is 2. The monoisotopic (exact) mass is 293 g/mol. The number of aliphatic hydroxyl groups excluding tert-OH is 1. The highest BCUT2D eigenvalue weighted by atomic mass is 16.5. The van der Waals surface area contributed by atoms with Gasteiger partial charge in [0.05, 0.1) is 36.9 Å². The van der Waals surface area contributed by atoms with Crippen LogP contribution in [-0.2, 0) is 9.53 Å². The van der Waals surface area contributed by atoms with E-state index in [9.17, 15) is 9.90 Å². The summed E-state index contributed by atoms with van der Waals surface area (Å²) in [5, 5.41) is 12.4. The Labute approximate surface area is 125 Å². The van der Waals surface area contributed by atoms with Crippen LogP contribution in [0.5, 0.6) is 0 Å². The van der Waals surface area contributed by atoms with Crippen LogP contribution in [-0.4, -0.2) is 47.8 Å². The van der Waals surface area contributed by atoms with Gasteiger partial charge >= 0.3 is 0 Å². The lowest BCUT2D eigenvalue weighted by Crippen LogP contribution is -2.55. The minimum absolute atomic E-state index is 0.0377. The van der Waals surface area contributed by atoms with Crippen molar-refractivity contribution in [1.82, 2.24) is 10.3 Å². The average molecular weight is 293 g/mol. The molecule has 1 aromatic heterocycles. The van der Waals surface area contributed by atoms with Crippen LogP contribution in [0.4, 0.5) is 5.69 Å². The molecule has 21 heavy (non-hydrogen) atoms. The van der Waals surface area contributed by atoms with Crippen LogP contribution in [0.2, 0.25) is 0 Å². The van der Waals surface area contributed by atoms with Gasteiger partial charge < -0.3 is 20.1 Å². The largest absolute Gasteiger partial charge is 0.387 e. The number of amides is 1. The van der Waals surface area contributed by atoms with E-state index in [1.165, 1.54) is 0 Å². The summed E-state index contributed by atoms with van der Waals surface area (Å²) in [6.07, 6.45) is 1.10. The molecule has 0 bridgehead atoms. The summed E-state index contributed by atoms with van der Waals surface area (Å²) in [6.45, 7) is 7.15. The Morgan fingerprint density at radius 2 is 2.24 bits per heavy atom. The Morgan fingerprint density at radius 3 is 2.81 bits per heavy atom. The Morgan fingerprint density at radius 1 is 1.48 bits per heavy atom. The zero-order chi connectivity index (χ0) is 15.4. The topological polar surface area (TPSA) is 74.7 Å². The van der Waals surface area contributed by atoms with Crippen molar-refractivity contribution in [3.8, 4) is 0 Å². The van der Waals surface area contributed by atoms with Crippen molar-refractivity contribution >= 4 is 11.6 Å². The maximum Gasteiger partial charge on any atom is 0.245 e. The maximum atomic E-state index is 12.3. The molecule has 0 saturated carbocycles. The van der Waals surface area contributed by atoms with Crippen molar-refractivity contribution in [3.05, 3.63) is 24.0 Å². The average Bonchev–Trinajstić information content (AvgIpc) is 2.46. The molecule has 1 aromatic rings. The quantitative estimate of drug-likeness (QED) is 0.861. The first kappa shape index (κ1) is 15.7. The molecule has 1 saturated heterocycles. The highest BCUT2D eigenvalue weighted by molar-refractivity contribution is 5.85. The third-order valence-corrected chi connectivity index (χ3v) is 3.39. The standard InChI is InChI=1S/C15H23N3O3/c1-10(2)17-15(20)14-9-21-7-6-18(14)12-4-5-13(11(3)19)16-8-12/h4-5,8,10-11,14,19H,6-7,9H2,1-3H3,(H,17,20). The number of hydrogen-bond acceptors (Lipinski definition) is 5. The summed E-state index contributed by atoms with van der Waals surface area (Å²) in [5.74, 6) is -0.0377. The van der Waals surface area contributed by atoms with Crippen molar-refractivity contribution < 1.29 is 14.6 Å². The summed E-state index contributed by atoms with van der Waals surface area (Å²) in [6, 6.07) is 3.42. The normalized spacial score (nSPS) is 20.4. The number of pyridine rings is 1. The molecule has 1 amide bonds. The minimum Gasteiger partial charge on any atom is -0.387 e. The van der Waals surface area contributed by atoms with Crippen molar-refractivity contribution in [2.24, 2.45) is 0 Å². The molecular weight excluding hydrogens is 270 g/mol. The molecule has 1 aliphatic heterocycles. The number of nitrogens with zero attached hydrogens (tertiary/aromatic N) is 2. The number of rotatable bonds is 4. The molecular formula is C15H23N3O3. The van der Waals surface area contributed by atoms with Gasteiger partial charge in [0.1, 0.15) is 6.04 Å². The molecule has 116 valence electrons. The van der Waals surface area contributed by atoms with E-state index in [4.69, 9.17) is 4.74 Å². The molecule has 2 unspecified atom stereocenters. The third kappa shape index (κ3) is 3.92. The van der Waals surface area contributed by atoms with Gasteiger partial charge in [-0.3, -0.25) is 9.78 Å². The van der Waals surface area contributed by atoms with E-state index >= 15 is 0 Å². The molecule has 1 aliphatic rings. The van der Waals surface area contributed by atoms with E-state index in [0.717, 1.165) is 5.69 Å². The van der Waals surface area contributed by atoms with E-state index in [0.29, 0.717) is 25.5 Å². The highest BCUT2D eigenvalue weighted by Gasteiger charge is 2.30. The molecule has 0 spiro atoms. The first-order valence-corrected chi connectivity index (χ1v) is 7.28. The lowest BCUT2D eigenvalue weighted by molar-refractivity contribution is -0.125. The number of aromatic nitrogens is 1. The molecule has 6 heteroatoms. The predicted octanol–water partition coefficient (Wildman–Crippen LogP) is 0.865. The number of carbonyl (C=O) groups is 1. The summed E-state index contributed by atoms with van der Waals surface area (Å²) in [5.41, 5.74) is 1.49. The van der Waals surface area contributed by atoms with Gasteiger partial charge in [0.2, 0.25) is 5.91 Å². The van der Waals surface area contributed by atoms with E-state index in [1.54, 1.807) is 19.2 Å². The molecule has 6 nitrogen and oxygen atoms in total. The van der Waals surface area contributed by atoms with Gasteiger partial charge in [-0.05, 0) is 32.9 Å². The van der Waals surface area contributed by atoms with Crippen molar-refractivity contribution in [2.45, 2.75) is 39.0 Å². The number of nitrogens with one attached hydrogen (secondary N) is 1. The van der Waals surface area contributed by atoms with Crippen LogP contribution >= 0.6 is 0 Å². The molecule has 0 aromatic carbocycles. The molecule has 2 rings (SSSR count). The maximum absolute atomic E-state index is 12.3. The Bertz CT molecular complexity index is 474. The van der Waals surface area contributed by atoms with Gasteiger partial charge in [0.15, 0.2) is 0 Å². The second-order valence-corrected chi connectivity index (χ2v) is 5.56. The number of carbonyl (C=O) groups excluding carboxylic acids is 1. The van der Waals surface area contributed by atoms with Gasteiger partial charge in [-0.15, -0.1) is 0 Å². The van der Waals surface area contributed by atoms with Gasteiger partial charge in [-0.2, -0.15) is 0 Å². The van der Waals surface area contributed by atoms with E-state index in [2.05, 4.69) is 10.3 Å². The van der Waals surface area contributed by atoms with Gasteiger partial charge in [0.25, 0.3) is 0 Å². The number of morpholine rings is 1. The van der Waals surface area contributed by atoms with Gasteiger partial charge in [0, 0.05) is 12.6 Å². The minimum atomic E-state index is -0.594. The smallest absolute Gasteiger partial charge is 0.245 e. The molecule has 0 aliphatic carbocycles. The lowest BCUT2D eigenvalue weighted by Gasteiger charge is -2.36. The SMILES string of the molecule is CC(C)NC(=O)C1COCCN1c1ccc(C(C)O)nc1. The van der Waals surface area contributed by atoms with Crippen LogP contribution in [0.15, 0.2) is 18.3 Å². The fraction of sp³-hybridized carbons (Fsp3) is 0.600. The lowest BCUT2D eigenvalue weighted by atomic mass is 10.1. The van der Waals surface area contributed by atoms with Crippen LogP contribution in [0.3, 0.4) is 0 Å². The number of ether oxygens (including phenoxy) is 1. The Kier molecular flexibility index (Phi) is 5.14. The summed E-state index contributed by atoms with van der Waals surface area (Å²) < 4.78 is 5.44. The predicted molar refractivity (Wildman–Crippen MR) is 80.1 cm³/mol. The van der Waals surface area contributed by atoms with E-state index in [-0.39, 0.29) is 18.0 Å². The zero-order valence-corrected chi connectivity index (χ0v) is 12.7. The Hall–Kier alpha value is -1.66. The molecule has 1 fully saturated rings. The summed E-state index contributed by atoms with van der Waals surface area (Å²) >= 11 is 0. The second-order valence-electron chi connectivity index (χ2n) is 5.56. The molecule has 2 heterocycles. The zero-order valence-electron chi connectivity index (χ0n) is 12.7. The van der Waals surface area contributed by atoms with Gasteiger partial charge in [-0.1, -0.05) is 0 Å². The van der Waals surface area contributed by atoms with Crippen LogP contribution in [0, 0.1) is 0 Å². The van der Waals surface area contributed by atoms with Crippen molar-refractivity contribution in [3.63, 3.8) is 0 Å². The summed E-state index contributed by atoms with van der Waals surface area (Å²) in [7, 11) is 0. The van der Waals surface area contributed by atoms with Gasteiger partial charge in [-0.25, -0.2) is 0 Å².